The molecule has 256 valence electrons. The van der Waals surface area contributed by atoms with Crippen LogP contribution in [0.1, 0.15) is 20.3 Å². The second kappa shape index (κ2) is 13.6. The highest BCUT2D eigenvalue weighted by Crippen LogP contribution is 2.35. The predicted octanol–water partition coefficient (Wildman–Crippen LogP) is 4.44. The fourth-order valence-electron chi connectivity index (χ4n) is 6.91. The number of pyridine rings is 1. The molecule has 14 heteroatoms. The first-order valence-electron chi connectivity index (χ1n) is 16.5. The van der Waals surface area contributed by atoms with Crippen molar-refractivity contribution in [3.8, 4) is 22.6 Å². The van der Waals surface area contributed by atoms with Crippen molar-refractivity contribution in [3.05, 3.63) is 85.1 Å². The number of oxime groups is 1. The topological polar surface area (TPSA) is 156 Å². The molecule has 0 aliphatic carbocycles. The molecule has 0 radical (unpaired) electrons. The summed E-state index contributed by atoms with van der Waals surface area (Å²) >= 11 is 0. The van der Waals surface area contributed by atoms with Gasteiger partial charge in [0.15, 0.2) is 5.82 Å². The summed E-state index contributed by atoms with van der Waals surface area (Å²) < 4.78 is 13.5. The average molecular weight is 677 g/mol. The van der Waals surface area contributed by atoms with E-state index in [1.807, 2.05) is 41.0 Å². The number of carbonyl (C=O) groups is 2. The first kappa shape index (κ1) is 32.8. The largest absolute Gasteiger partial charge is 0.411 e. The molecular formula is C36H37FN10O3. The first-order chi connectivity index (χ1) is 24.2. The molecule has 0 spiro atoms. The zero-order valence-electron chi connectivity index (χ0n) is 27.8. The van der Waals surface area contributed by atoms with Crippen LogP contribution < -0.4 is 10.2 Å². The molecule has 0 saturated carbocycles. The number of nitrogens with one attached hydrogen (secondary N) is 2. The van der Waals surface area contributed by atoms with E-state index in [9.17, 15) is 19.2 Å². The molecule has 7 rings (SSSR count). The minimum Gasteiger partial charge on any atom is -0.411 e. The van der Waals surface area contributed by atoms with Crippen LogP contribution in [0.15, 0.2) is 84.4 Å². The van der Waals surface area contributed by atoms with Gasteiger partial charge in [0, 0.05) is 79.6 Å². The van der Waals surface area contributed by atoms with E-state index in [0.29, 0.717) is 49.8 Å². The number of aromatic amines is 1. The molecule has 5 aromatic rings. The van der Waals surface area contributed by atoms with Gasteiger partial charge in [0.25, 0.3) is 0 Å². The molecule has 0 bridgehead atoms. The van der Waals surface area contributed by atoms with E-state index in [0.717, 1.165) is 27.8 Å². The van der Waals surface area contributed by atoms with E-state index in [-0.39, 0.29) is 42.5 Å². The van der Waals surface area contributed by atoms with Crippen LogP contribution >= 0.6 is 0 Å². The van der Waals surface area contributed by atoms with E-state index in [1.54, 1.807) is 49.8 Å². The number of aromatic nitrogens is 5. The van der Waals surface area contributed by atoms with Crippen molar-refractivity contribution in [1.82, 2.24) is 34.9 Å². The Bertz CT molecular complexity index is 2040. The quantitative estimate of drug-likeness (QED) is 0.123. The van der Waals surface area contributed by atoms with Gasteiger partial charge < -0.3 is 20.3 Å². The number of H-pyrrole nitrogens is 1. The van der Waals surface area contributed by atoms with Gasteiger partial charge >= 0.3 is 0 Å². The van der Waals surface area contributed by atoms with E-state index < -0.39 is 5.41 Å². The highest BCUT2D eigenvalue weighted by molar-refractivity contribution is 6.13. The van der Waals surface area contributed by atoms with Gasteiger partial charge in [-0.25, -0.2) is 19.3 Å². The number of amides is 2. The summed E-state index contributed by atoms with van der Waals surface area (Å²) in [6.45, 7) is 6.32. The number of rotatable bonds is 8. The number of hydrogen-bond donors (Lipinski definition) is 3. The van der Waals surface area contributed by atoms with Crippen molar-refractivity contribution in [3.63, 3.8) is 0 Å². The normalized spacial score (nSPS) is 20.0. The van der Waals surface area contributed by atoms with Gasteiger partial charge in [0.2, 0.25) is 11.8 Å². The monoisotopic (exact) mass is 676 g/mol. The van der Waals surface area contributed by atoms with Gasteiger partial charge in [0.1, 0.15) is 17.1 Å². The van der Waals surface area contributed by atoms with Gasteiger partial charge in [-0.1, -0.05) is 5.16 Å². The van der Waals surface area contributed by atoms with E-state index in [2.05, 4.69) is 40.5 Å². The van der Waals surface area contributed by atoms with Crippen LogP contribution in [0.4, 0.5) is 15.9 Å². The fraction of sp³-hybridized carbons (Fsp3) is 0.306. The Morgan fingerprint density at radius 2 is 1.82 bits per heavy atom. The van der Waals surface area contributed by atoms with Crippen molar-refractivity contribution >= 4 is 39.9 Å². The molecule has 2 aromatic carbocycles. The number of nitrogens with zero attached hydrogens (tertiary/aromatic N) is 8. The van der Waals surface area contributed by atoms with Crippen LogP contribution in [0.2, 0.25) is 0 Å². The maximum atomic E-state index is 14.0. The molecule has 2 atom stereocenters. The molecular weight excluding hydrogens is 639 g/mol. The number of carbonyl (C=O) groups excluding carboxylic acids is 2. The maximum Gasteiger partial charge on any atom is 0.237 e. The van der Waals surface area contributed by atoms with E-state index in [4.69, 9.17) is 0 Å². The van der Waals surface area contributed by atoms with Gasteiger partial charge in [0.05, 0.1) is 23.5 Å². The molecule has 5 heterocycles. The van der Waals surface area contributed by atoms with Crippen LogP contribution in [-0.4, -0.2) is 103 Å². The molecule has 2 unspecified atom stereocenters. The van der Waals surface area contributed by atoms with Crippen molar-refractivity contribution < 1.29 is 19.2 Å². The number of piperazine rings is 1. The molecule has 50 heavy (non-hydrogen) atoms. The second-order valence-corrected chi connectivity index (χ2v) is 12.9. The Labute approximate surface area is 287 Å². The summed E-state index contributed by atoms with van der Waals surface area (Å²) in [5, 5.41) is 24.4. The zero-order valence-corrected chi connectivity index (χ0v) is 27.8. The molecule has 2 aliphatic heterocycles. The third kappa shape index (κ3) is 6.36. The van der Waals surface area contributed by atoms with Crippen molar-refractivity contribution in [2.45, 2.75) is 26.3 Å². The lowest BCUT2D eigenvalue weighted by molar-refractivity contribution is -0.135. The average Bonchev–Trinajstić information content (AvgIpc) is 3.77. The van der Waals surface area contributed by atoms with E-state index >= 15 is 0 Å². The lowest BCUT2D eigenvalue weighted by Crippen LogP contribution is -2.56. The summed E-state index contributed by atoms with van der Waals surface area (Å²) in [6.07, 6.45) is 5.55. The first-order valence-corrected chi connectivity index (χ1v) is 16.5. The second-order valence-electron chi connectivity index (χ2n) is 12.9. The van der Waals surface area contributed by atoms with Gasteiger partial charge in [-0.15, -0.1) is 0 Å². The van der Waals surface area contributed by atoms with Crippen LogP contribution in [0.3, 0.4) is 0 Å². The van der Waals surface area contributed by atoms with Gasteiger partial charge in [-0.2, -0.15) is 5.10 Å². The molecule has 3 aromatic heterocycles. The molecule has 2 amide bonds. The zero-order chi connectivity index (χ0) is 34.8. The van der Waals surface area contributed by atoms with Crippen molar-refractivity contribution in [2.75, 3.05) is 49.5 Å². The Kier molecular flexibility index (Phi) is 8.93. The fourth-order valence-corrected chi connectivity index (χ4v) is 6.91. The summed E-state index contributed by atoms with van der Waals surface area (Å²) in [5.74, 6) is 0.763. The molecule has 2 fully saturated rings. The molecule has 2 saturated heterocycles. The highest BCUT2D eigenvalue weighted by Gasteiger charge is 2.48. The summed E-state index contributed by atoms with van der Waals surface area (Å²) in [4.78, 5) is 46.8. The van der Waals surface area contributed by atoms with Crippen LogP contribution in [-0.2, 0) is 9.59 Å². The van der Waals surface area contributed by atoms with Gasteiger partial charge in [-0.05, 0) is 80.9 Å². The van der Waals surface area contributed by atoms with Crippen molar-refractivity contribution in [1.29, 1.82) is 0 Å². The Morgan fingerprint density at radius 1 is 1.04 bits per heavy atom. The molecule has 2 aliphatic rings. The van der Waals surface area contributed by atoms with Crippen molar-refractivity contribution in [2.24, 2.45) is 10.6 Å². The van der Waals surface area contributed by atoms with E-state index in [1.165, 1.54) is 12.1 Å². The Morgan fingerprint density at radius 3 is 2.54 bits per heavy atom. The van der Waals surface area contributed by atoms with Crippen LogP contribution in [0, 0.1) is 11.2 Å². The summed E-state index contributed by atoms with van der Waals surface area (Å²) in [5.41, 5.74) is 2.65. The summed E-state index contributed by atoms with van der Waals surface area (Å²) in [6, 6.07) is 17.1. The predicted molar refractivity (Wildman–Crippen MR) is 187 cm³/mol. The number of likely N-dealkylation sites (tertiary alicyclic amines) is 1. The number of fused-ring (bicyclic) bond motifs is 1. The number of halogens is 1. The minimum absolute atomic E-state index is 0.0183. The van der Waals surface area contributed by atoms with Gasteiger partial charge in [-0.3, -0.25) is 19.6 Å². The number of anilines is 2. The third-order valence-electron chi connectivity index (χ3n) is 9.77. The SMILES string of the molecule is CC(=NO)C1(C(=O)Nc2ccc3[nH]nc(-c4ccc(F)cc4)c3c2)CCN(CC(=O)N2CCN(c3ccc(-c4ncccn4)cn3)CC2C)C1. The Balaban J connectivity index is 0.993. The minimum atomic E-state index is -1.13. The lowest BCUT2D eigenvalue weighted by atomic mass is 9.81. The maximum absolute atomic E-state index is 14.0. The summed E-state index contributed by atoms with van der Waals surface area (Å²) in [7, 11) is 0. The molecule has 13 nitrogen and oxygen atoms in total. The highest BCUT2D eigenvalue weighted by atomic mass is 19.1. The van der Waals surface area contributed by atoms with Crippen LogP contribution in [0.25, 0.3) is 33.5 Å². The number of hydrogen-bond acceptors (Lipinski definition) is 10. The standard InChI is InChI=1S/C36H37FN10O3/c1-23-20-46(31-11-6-26(19-40-31)34-38-13-3-14-39-34)16-17-47(23)32(48)21-45-15-12-36(22-45,24(2)44-50)35(49)41-28-9-10-30-29(18-28)33(43-42-30)25-4-7-27(37)8-5-25/h3-11,13-14,18-19,23,50H,12,15-17,20-22H2,1-2H3,(H,41,49)(H,42,43). The van der Waals surface area contributed by atoms with Crippen LogP contribution in [0.5, 0.6) is 0 Å². The molecule has 3 N–H and O–H groups in total. The third-order valence-corrected chi connectivity index (χ3v) is 9.77. The smallest absolute Gasteiger partial charge is 0.237 e. The lowest BCUT2D eigenvalue weighted by Gasteiger charge is -2.41. The Hall–Kier alpha value is -5.76. The number of benzene rings is 2.